The minimum absolute atomic E-state index is 0.0503. The smallest absolute Gasteiger partial charge is 0.223 e. The lowest BCUT2D eigenvalue weighted by molar-refractivity contribution is -0.123. The second-order valence-corrected chi connectivity index (χ2v) is 5.76. The Morgan fingerprint density at radius 1 is 1.38 bits per heavy atom. The highest BCUT2D eigenvalue weighted by molar-refractivity contribution is 7.13. The summed E-state index contributed by atoms with van der Waals surface area (Å²) in [6.07, 6.45) is -0.728. The Hall–Kier alpha value is -1.92. The fraction of sp³-hybridized carbons (Fsp3) is 0.333. The summed E-state index contributed by atoms with van der Waals surface area (Å²) >= 11 is 1.53. The monoisotopic (exact) mass is 305 g/mol. The number of hydrogen-bond acceptors (Lipinski definition) is 5. The summed E-state index contributed by atoms with van der Waals surface area (Å²) in [5, 5.41) is 15.6. The molecule has 0 saturated carbocycles. The number of amides is 1. The Morgan fingerprint density at radius 2 is 2.10 bits per heavy atom. The van der Waals surface area contributed by atoms with Crippen LogP contribution in [-0.4, -0.2) is 30.1 Å². The van der Waals surface area contributed by atoms with E-state index in [1.807, 2.05) is 54.7 Å². The third-order valence-corrected chi connectivity index (χ3v) is 4.01. The Bertz CT molecular complexity index is 584. The van der Waals surface area contributed by atoms with Gasteiger partial charge in [-0.05, 0) is 5.56 Å². The maximum absolute atomic E-state index is 11.8. The van der Waals surface area contributed by atoms with Crippen LogP contribution in [0.15, 0.2) is 35.7 Å². The molecule has 0 bridgehead atoms. The first-order valence-electron chi connectivity index (χ1n) is 6.67. The van der Waals surface area contributed by atoms with Crippen molar-refractivity contribution in [2.45, 2.75) is 19.1 Å². The molecule has 1 aromatic carbocycles. The number of benzene rings is 1. The number of anilines is 1. The molecular formula is C15H19N3O2S. The first-order valence-corrected chi connectivity index (χ1v) is 7.55. The molecular weight excluding hydrogens is 286 g/mol. The van der Waals surface area contributed by atoms with Crippen molar-refractivity contribution in [3.8, 4) is 0 Å². The number of hydrogen-bond donors (Lipinski definition) is 2. The van der Waals surface area contributed by atoms with E-state index in [0.717, 1.165) is 16.4 Å². The Morgan fingerprint density at radius 3 is 2.71 bits per heavy atom. The lowest BCUT2D eigenvalue weighted by Crippen LogP contribution is -2.24. The van der Waals surface area contributed by atoms with Gasteiger partial charge in [-0.25, -0.2) is 4.98 Å². The molecule has 6 heteroatoms. The Labute approximate surface area is 128 Å². The van der Waals surface area contributed by atoms with Crippen molar-refractivity contribution < 1.29 is 9.90 Å². The van der Waals surface area contributed by atoms with Crippen LogP contribution in [0.5, 0.6) is 0 Å². The lowest BCUT2D eigenvalue weighted by atomic mass is 10.1. The van der Waals surface area contributed by atoms with E-state index in [4.69, 9.17) is 0 Å². The molecule has 1 aromatic heterocycles. The van der Waals surface area contributed by atoms with Crippen molar-refractivity contribution in [3.05, 3.63) is 47.0 Å². The normalized spacial score (nSPS) is 12.0. The molecule has 1 unspecified atom stereocenters. The van der Waals surface area contributed by atoms with Gasteiger partial charge in [-0.1, -0.05) is 30.3 Å². The zero-order chi connectivity index (χ0) is 15.2. The standard InChI is InChI=1S/C15H19N3O2S/c1-18(2)15-17-12(10-21-15)9-16-14(20)8-13(19)11-6-4-3-5-7-11/h3-7,10,13,19H,8-9H2,1-2H3,(H,16,20). The molecule has 0 aliphatic rings. The topological polar surface area (TPSA) is 65.5 Å². The highest BCUT2D eigenvalue weighted by Crippen LogP contribution is 2.18. The maximum atomic E-state index is 11.8. The molecule has 2 N–H and O–H groups in total. The van der Waals surface area contributed by atoms with E-state index in [-0.39, 0.29) is 12.3 Å². The second kappa shape index (κ2) is 7.19. The number of aliphatic hydroxyl groups excluding tert-OH is 1. The molecule has 1 heterocycles. The number of aromatic nitrogens is 1. The van der Waals surface area contributed by atoms with Crippen LogP contribution in [0.3, 0.4) is 0 Å². The maximum Gasteiger partial charge on any atom is 0.223 e. The zero-order valence-electron chi connectivity index (χ0n) is 12.1. The van der Waals surface area contributed by atoms with Gasteiger partial charge >= 0.3 is 0 Å². The van der Waals surface area contributed by atoms with Crippen LogP contribution in [0.1, 0.15) is 23.8 Å². The largest absolute Gasteiger partial charge is 0.388 e. The van der Waals surface area contributed by atoms with E-state index >= 15 is 0 Å². The predicted octanol–water partition coefficient (Wildman–Crippen LogP) is 1.95. The number of carbonyl (C=O) groups excluding carboxylic acids is 1. The van der Waals surface area contributed by atoms with Gasteiger partial charge in [0.05, 0.1) is 24.8 Å². The third-order valence-electron chi connectivity index (χ3n) is 2.95. The average molecular weight is 305 g/mol. The molecule has 2 aromatic rings. The van der Waals surface area contributed by atoms with Gasteiger partial charge < -0.3 is 15.3 Å². The molecule has 0 aliphatic carbocycles. The number of nitrogens with one attached hydrogen (secondary N) is 1. The number of aliphatic hydroxyl groups is 1. The highest BCUT2D eigenvalue weighted by atomic mass is 32.1. The van der Waals surface area contributed by atoms with Crippen molar-refractivity contribution in [1.82, 2.24) is 10.3 Å². The Balaban J connectivity index is 1.82. The molecule has 0 fully saturated rings. The quantitative estimate of drug-likeness (QED) is 0.856. The summed E-state index contributed by atoms with van der Waals surface area (Å²) in [4.78, 5) is 18.1. The van der Waals surface area contributed by atoms with Gasteiger partial charge in [0.25, 0.3) is 0 Å². The molecule has 0 saturated heterocycles. The molecule has 0 radical (unpaired) electrons. The van der Waals surface area contributed by atoms with E-state index < -0.39 is 6.10 Å². The fourth-order valence-corrected chi connectivity index (χ4v) is 2.57. The molecule has 0 spiro atoms. The molecule has 1 atom stereocenters. The van der Waals surface area contributed by atoms with Crippen LogP contribution in [0.2, 0.25) is 0 Å². The van der Waals surface area contributed by atoms with Gasteiger partial charge in [-0.15, -0.1) is 11.3 Å². The van der Waals surface area contributed by atoms with Gasteiger partial charge in [0.2, 0.25) is 5.91 Å². The third kappa shape index (κ3) is 4.54. The number of rotatable bonds is 6. The van der Waals surface area contributed by atoms with Crippen molar-refractivity contribution in [2.75, 3.05) is 19.0 Å². The zero-order valence-corrected chi connectivity index (χ0v) is 12.9. The van der Waals surface area contributed by atoms with Crippen molar-refractivity contribution >= 4 is 22.4 Å². The first kappa shape index (κ1) is 15.5. The van der Waals surface area contributed by atoms with E-state index in [0.29, 0.717) is 6.54 Å². The molecule has 112 valence electrons. The number of carbonyl (C=O) groups is 1. The van der Waals surface area contributed by atoms with Crippen LogP contribution in [0, 0.1) is 0 Å². The van der Waals surface area contributed by atoms with Gasteiger partial charge in [0, 0.05) is 19.5 Å². The molecule has 1 amide bonds. The minimum atomic E-state index is -0.779. The predicted molar refractivity (Wildman–Crippen MR) is 84.3 cm³/mol. The van der Waals surface area contributed by atoms with Gasteiger partial charge in [-0.3, -0.25) is 4.79 Å². The van der Waals surface area contributed by atoms with E-state index in [1.165, 1.54) is 11.3 Å². The van der Waals surface area contributed by atoms with Crippen LogP contribution in [0.4, 0.5) is 5.13 Å². The minimum Gasteiger partial charge on any atom is -0.388 e. The molecule has 2 rings (SSSR count). The van der Waals surface area contributed by atoms with Crippen LogP contribution in [-0.2, 0) is 11.3 Å². The van der Waals surface area contributed by atoms with Crippen LogP contribution >= 0.6 is 11.3 Å². The molecule has 5 nitrogen and oxygen atoms in total. The van der Waals surface area contributed by atoms with Crippen molar-refractivity contribution in [1.29, 1.82) is 0 Å². The molecule has 21 heavy (non-hydrogen) atoms. The summed E-state index contributed by atoms with van der Waals surface area (Å²) in [6, 6.07) is 9.17. The van der Waals surface area contributed by atoms with Crippen LogP contribution in [0.25, 0.3) is 0 Å². The number of nitrogens with zero attached hydrogens (tertiary/aromatic N) is 2. The van der Waals surface area contributed by atoms with Gasteiger partial charge in [-0.2, -0.15) is 0 Å². The van der Waals surface area contributed by atoms with E-state index in [1.54, 1.807) is 0 Å². The second-order valence-electron chi connectivity index (χ2n) is 4.92. The average Bonchev–Trinajstić information content (AvgIpc) is 2.95. The Kier molecular flexibility index (Phi) is 5.30. The SMILES string of the molecule is CN(C)c1nc(CNC(=O)CC(O)c2ccccc2)cs1. The summed E-state index contributed by atoms with van der Waals surface area (Å²) in [7, 11) is 3.86. The number of thiazole rings is 1. The van der Waals surface area contributed by atoms with Crippen LogP contribution < -0.4 is 10.2 Å². The summed E-state index contributed by atoms with van der Waals surface area (Å²) < 4.78 is 0. The highest BCUT2D eigenvalue weighted by Gasteiger charge is 2.13. The van der Waals surface area contributed by atoms with Gasteiger partial charge in [0.1, 0.15) is 0 Å². The lowest BCUT2D eigenvalue weighted by Gasteiger charge is -2.10. The molecule has 0 aliphatic heterocycles. The van der Waals surface area contributed by atoms with E-state index in [2.05, 4.69) is 10.3 Å². The summed E-state index contributed by atoms with van der Waals surface area (Å²) in [5.41, 5.74) is 1.57. The summed E-state index contributed by atoms with van der Waals surface area (Å²) in [6.45, 7) is 0.380. The fourth-order valence-electron chi connectivity index (χ4n) is 1.81. The summed E-state index contributed by atoms with van der Waals surface area (Å²) in [5.74, 6) is -0.189. The van der Waals surface area contributed by atoms with Gasteiger partial charge in [0.15, 0.2) is 5.13 Å². The van der Waals surface area contributed by atoms with Crippen molar-refractivity contribution in [2.24, 2.45) is 0 Å². The van der Waals surface area contributed by atoms with E-state index in [9.17, 15) is 9.90 Å². The first-order chi connectivity index (χ1) is 10.1. The van der Waals surface area contributed by atoms with Crippen molar-refractivity contribution in [3.63, 3.8) is 0 Å².